The minimum absolute atomic E-state index is 0.206. The molecule has 1 aliphatic carbocycles. The summed E-state index contributed by atoms with van der Waals surface area (Å²) in [6, 6.07) is 6.05. The van der Waals surface area contributed by atoms with Crippen molar-refractivity contribution in [3.05, 3.63) is 43.3 Å². The van der Waals surface area contributed by atoms with Crippen LogP contribution >= 0.6 is 22.7 Å². The summed E-state index contributed by atoms with van der Waals surface area (Å²) in [5.41, 5.74) is 1.40. The maximum atomic E-state index is 12.2. The molecule has 0 aromatic carbocycles. The Morgan fingerprint density at radius 3 is 2.75 bits per heavy atom. The van der Waals surface area contributed by atoms with Gasteiger partial charge < -0.3 is 0 Å². The first-order valence-electron chi connectivity index (χ1n) is 5.47. The van der Waals surface area contributed by atoms with Gasteiger partial charge in [0.05, 0.1) is 9.75 Å². The van der Waals surface area contributed by atoms with Crippen LogP contribution in [0.2, 0.25) is 0 Å². The number of fused-ring (bicyclic) bond motifs is 1. The third kappa shape index (κ3) is 1.64. The molecule has 2 aromatic rings. The van der Waals surface area contributed by atoms with E-state index in [9.17, 15) is 4.79 Å². The minimum atomic E-state index is 0.206. The fourth-order valence-corrected chi connectivity index (χ4v) is 4.21. The molecule has 0 bridgehead atoms. The summed E-state index contributed by atoms with van der Waals surface area (Å²) in [5.74, 6) is 0.206. The molecule has 2 aromatic heterocycles. The molecule has 0 N–H and O–H groups in total. The van der Waals surface area contributed by atoms with Crippen molar-refractivity contribution < 1.29 is 4.79 Å². The molecule has 0 fully saturated rings. The number of carbonyl (C=O) groups excluding carboxylic acids is 1. The highest BCUT2D eigenvalue weighted by atomic mass is 32.1. The third-order valence-corrected chi connectivity index (χ3v) is 5.17. The van der Waals surface area contributed by atoms with Crippen LogP contribution in [-0.2, 0) is 12.8 Å². The number of ketones is 1. The lowest BCUT2D eigenvalue weighted by atomic mass is 10.2. The predicted octanol–water partition coefficient (Wildman–Crippen LogP) is 3.84. The molecule has 0 spiro atoms. The zero-order valence-corrected chi connectivity index (χ0v) is 10.7. The second-order valence-electron chi connectivity index (χ2n) is 4.15. The number of aryl methyl sites for hydroxylation is 3. The van der Waals surface area contributed by atoms with E-state index in [1.807, 2.05) is 19.1 Å². The van der Waals surface area contributed by atoms with Gasteiger partial charge in [-0.3, -0.25) is 4.79 Å². The van der Waals surface area contributed by atoms with Crippen LogP contribution in [0.15, 0.2) is 18.2 Å². The highest BCUT2D eigenvalue weighted by Crippen LogP contribution is 2.32. The molecule has 0 aliphatic heterocycles. The zero-order chi connectivity index (χ0) is 11.1. The molecule has 16 heavy (non-hydrogen) atoms. The van der Waals surface area contributed by atoms with Crippen molar-refractivity contribution in [2.75, 3.05) is 0 Å². The van der Waals surface area contributed by atoms with Gasteiger partial charge in [-0.05, 0) is 49.9 Å². The van der Waals surface area contributed by atoms with Gasteiger partial charge in [-0.25, -0.2) is 0 Å². The Bertz CT molecular complexity index is 527. The Morgan fingerprint density at radius 1 is 1.19 bits per heavy atom. The standard InChI is InChI=1S/C13H12OS2/c1-8-5-6-11(15-8)13(14)12-7-9-3-2-4-10(9)16-12/h5-7H,2-4H2,1H3. The van der Waals surface area contributed by atoms with Crippen molar-refractivity contribution in [3.63, 3.8) is 0 Å². The molecular formula is C13H12OS2. The molecule has 3 rings (SSSR count). The van der Waals surface area contributed by atoms with Crippen molar-refractivity contribution in [2.45, 2.75) is 26.2 Å². The molecular weight excluding hydrogens is 236 g/mol. The van der Waals surface area contributed by atoms with Crippen LogP contribution in [0.3, 0.4) is 0 Å². The van der Waals surface area contributed by atoms with Crippen molar-refractivity contribution in [1.29, 1.82) is 0 Å². The van der Waals surface area contributed by atoms with E-state index in [2.05, 4.69) is 6.07 Å². The van der Waals surface area contributed by atoms with Gasteiger partial charge in [0, 0.05) is 9.75 Å². The van der Waals surface area contributed by atoms with Gasteiger partial charge in [-0.1, -0.05) is 0 Å². The van der Waals surface area contributed by atoms with E-state index in [-0.39, 0.29) is 5.78 Å². The SMILES string of the molecule is Cc1ccc(C(=O)c2cc3c(s2)CCC3)s1. The first kappa shape index (κ1) is 10.2. The monoisotopic (exact) mass is 248 g/mol. The molecule has 1 aliphatic rings. The van der Waals surface area contributed by atoms with Crippen LogP contribution in [0.5, 0.6) is 0 Å². The number of hydrogen-bond donors (Lipinski definition) is 0. The summed E-state index contributed by atoms with van der Waals surface area (Å²) in [6.07, 6.45) is 3.58. The fourth-order valence-electron chi connectivity index (χ4n) is 2.12. The van der Waals surface area contributed by atoms with Gasteiger partial charge in [0.15, 0.2) is 0 Å². The lowest BCUT2D eigenvalue weighted by molar-refractivity contribution is 0.104. The number of thiophene rings is 2. The van der Waals surface area contributed by atoms with Gasteiger partial charge in [0.1, 0.15) is 0 Å². The topological polar surface area (TPSA) is 17.1 Å². The Kier molecular flexibility index (Phi) is 2.45. The van der Waals surface area contributed by atoms with Crippen molar-refractivity contribution in [1.82, 2.24) is 0 Å². The average Bonchev–Trinajstić information content (AvgIpc) is 2.89. The first-order chi connectivity index (χ1) is 7.74. The smallest absolute Gasteiger partial charge is 0.212 e. The summed E-state index contributed by atoms with van der Waals surface area (Å²) in [4.78, 5) is 16.6. The Morgan fingerprint density at radius 2 is 2.06 bits per heavy atom. The summed E-state index contributed by atoms with van der Waals surface area (Å²) in [5, 5.41) is 0. The second-order valence-corrected chi connectivity index (χ2v) is 6.58. The van der Waals surface area contributed by atoms with Crippen LogP contribution in [0.25, 0.3) is 0 Å². The number of rotatable bonds is 2. The fraction of sp³-hybridized carbons (Fsp3) is 0.308. The van der Waals surface area contributed by atoms with E-state index >= 15 is 0 Å². The molecule has 0 saturated heterocycles. The molecule has 3 heteroatoms. The van der Waals surface area contributed by atoms with Crippen LogP contribution < -0.4 is 0 Å². The summed E-state index contributed by atoms with van der Waals surface area (Å²) in [6.45, 7) is 2.04. The Hall–Kier alpha value is -0.930. The number of hydrogen-bond acceptors (Lipinski definition) is 3. The molecule has 82 valence electrons. The van der Waals surface area contributed by atoms with E-state index in [4.69, 9.17) is 0 Å². The first-order valence-corrected chi connectivity index (χ1v) is 7.10. The highest BCUT2D eigenvalue weighted by molar-refractivity contribution is 7.17. The van der Waals surface area contributed by atoms with Crippen LogP contribution in [-0.4, -0.2) is 5.78 Å². The maximum Gasteiger partial charge on any atom is 0.212 e. The number of carbonyl (C=O) groups is 1. The van der Waals surface area contributed by atoms with Crippen molar-refractivity contribution in [3.8, 4) is 0 Å². The molecule has 0 saturated carbocycles. The Labute approximate surface area is 103 Å². The van der Waals surface area contributed by atoms with E-state index in [0.29, 0.717) is 0 Å². The third-order valence-electron chi connectivity index (χ3n) is 2.93. The van der Waals surface area contributed by atoms with Gasteiger partial charge in [-0.15, -0.1) is 22.7 Å². The Balaban J connectivity index is 1.95. The van der Waals surface area contributed by atoms with Gasteiger partial charge in [0.2, 0.25) is 5.78 Å². The molecule has 2 heterocycles. The predicted molar refractivity (Wildman–Crippen MR) is 68.8 cm³/mol. The van der Waals surface area contributed by atoms with Gasteiger partial charge in [-0.2, -0.15) is 0 Å². The molecule has 0 unspecified atom stereocenters. The summed E-state index contributed by atoms with van der Waals surface area (Å²) < 4.78 is 0. The van der Waals surface area contributed by atoms with Crippen LogP contribution in [0.1, 0.15) is 36.3 Å². The van der Waals surface area contributed by atoms with E-state index < -0.39 is 0 Å². The lowest BCUT2D eigenvalue weighted by Gasteiger charge is -1.92. The summed E-state index contributed by atoms with van der Waals surface area (Å²) in [7, 11) is 0. The van der Waals surface area contributed by atoms with E-state index in [0.717, 1.165) is 22.6 Å². The quantitative estimate of drug-likeness (QED) is 0.738. The second kappa shape index (κ2) is 3.82. The van der Waals surface area contributed by atoms with Gasteiger partial charge in [0.25, 0.3) is 0 Å². The normalized spacial score (nSPS) is 14.1. The van der Waals surface area contributed by atoms with Gasteiger partial charge >= 0.3 is 0 Å². The lowest BCUT2D eigenvalue weighted by Crippen LogP contribution is -1.94. The average molecular weight is 248 g/mol. The van der Waals surface area contributed by atoms with Crippen LogP contribution in [0.4, 0.5) is 0 Å². The molecule has 0 atom stereocenters. The minimum Gasteiger partial charge on any atom is -0.287 e. The molecule has 0 amide bonds. The maximum absolute atomic E-state index is 12.2. The van der Waals surface area contributed by atoms with E-state index in [1.54, 1.807) is 22.7 Å². The van der Waals surface area contributed by atoms with Crippen molar-refractivity contribution >= 4 is 28.5 Å². The summed E-state index contributed by atoms with van der Waals surface area (Å²) >= 11 is 3.28. The highest BCUT2D eigenvalue weighted by Gasteiger charge is 2.19. The van der Waals surface area contributed by atoms with E-state index in [1.165, 1.54) is 21.7 Å². The van der Waals surface area contributed by atoms with Crippen molar-refractivity contribution in [2.24, 2.45) is 0 Å². The zero-order valence-electron chi connectivity index (χ0n) is 9.08. The molecule has 0 radical (unpaired) electrons. The molecule has 1 nitrogen and oxygen atoms in total. The van der Waals surface area contributed by atoms with Crippen LogP contribution in [0, 0.1) is 6.92 Å². The largest absolute Gasteiger partial charge is 0.287 e.